The van der Waals surface area contributed by atoms with E-state index in [4.69, 9.17) is 4.42 Å². The molecule has 1 aliphatic rings. The fourth-order valence-electron chi connectivity index (χ4n) is 4.77. The smallest absolute Gasteiger partial charge is 0.223 e. The van der Waals surface area contributed by atoms with E-state index >= 15 is 0 Å². The zero-order valence-corrected chi connectivity index (χ0v) is 18.8. The Balaban J connectivity index is 1.12. The summed E-state index contributed by atoms with van der Waals surface area (Å²) in [5.41, 5.74) is 2.38. The van der Waals surface area contributed by atoms with Crippen LogP contribution in [0.3, 0.4) is 0 Å². The fraction of sp³-hybridized carbons (Fsp3) is 0.440. The van der Waals surface area contributed by atoms with Crippen molar-refractivity contribution in [3.05, 3.63) is 66.3 Å². The van der Waals surface area contributed by atoms with Crippen LogP contribution in [0.2, 0.25) is 0 Å². The molecule has 1 aromatic carbocycles. The molecule has 0 bridgehead atoms. The van der Waals surface area contributed by atoms with Gasteiger partial charge in [-0.15, -0.1) is 10.2 Å². The van der Waals surface area contributed by atoms with E-state index in [1.807, 2.05) is 35.3 Å². The van der Waals surface area contributed by atoms with Gasteiger partial charge in [-0.25, -0.2) is 0 Å². The number of carbonyl (C=O) groups excluding carboxylic acids is 1. The lowest BCUT2D eigenvalue weighted by atomic mass is 9.98. The molecule has 1 amide bonds. The van der Waals surface area contributed by atoms with Crippen molar-refractivity contribution < 1.29 is 9.21 Å². The monoisotopic (exact) mass is 446 g/mol. The van der Waals surface area contributed by atoms with Gasteiger partial charge >= 0.3 is 0 Å². The van der Waals surface area contributed by atoms with E-state index in [0.29, 0.717) is 31.0 Å². The van der Waals surface area contributed by atoms with E-state index in [0.717, 1.165) is 44.3 Å². The van der Waals surface area contributed by atoms with Crippen LogP contribution in [0.4, 0.5) is 0 Å². The second-order valence-corrected chi connectivity index (χ2v) is 8.74. The molecule has 4 aromatic rings. The largest absolute Gasteiger partial charge is 0.425 e. The number of H-pyrrole nitrogens is 1. The number of piperidine rings is 1. The second kappa shape index (κ2) is 10.0. The van der Waals surface area contributed by atoms with Gasteiger partial charge in [0, 0.05) is 67.9 Å². The summed E-state index contributed by atoms with van der Waals surface area (Å²) in [5.74, 6) is 1.35. The number of nitrogens with zero attached hydrogens (tertiary/aromatic N) is 5. The Morgan fingerprint density at radius 1 is 1.09 bits per heavy atom. The highest BCUT2D eigenvalue weighted by Gasteiger charge is 2.26. The molecule has 1 fully saturated rings. The maximum Gasteiger partial charge on any atom is 0.223 e. The number of nitrogens with one attached hydrogen (secondary N) is 1. The molecule has 1 atom stereocenters. The molecule has 172 valence electrons. The highest BCUT2D eigenvalue weighted by Crippen LogP contribution is 2.22. The van der Waals surface area contributed by atoms with Gasteiger partial charge in [-0.05, 0) is 49.8 Å². The van der Waals surface area contributed by atoms with Crippen molar-refractivity contribution in [3.8, 4) is 0 Å². The van der Waals surface area contributed by atoms with Gasteiger partial charge in [-0.3, -0.25) is 9.48 Å². The Labute approximate surface area is 193 Å². The van der Waals surface area contributed by atoms with Crippen molar-refractivity contribution in [2.24, 2.45) is 0 Å². The standard InChI is InChI=1S/C25H30N6O2/c32-25(31-16-4-3-6-20(31)13-17-30-15-5-14-27-30)12-11-24-29-28-23(33-24)10-9-19-18-26-22-8-2-1-7-21(19)22/h1-2,5,7-8,14-15,18,20,26H,3-4,6,9-13,16-17H2/t20-/m1/s1. The molecule has 4 heterocycles. The molecule has 0 saturated carbocycles. The van der Waals surface area contributed by atoms with E-state index < -0.39 is 0 Å². The minimum absolute atomic E-state index is 0.179. The summed E-state index contributed by atoms with van der Waals surface area (Å²) in [4.78, 5) is 18.3. The first kappa shape index (κ1) is 21.4. The molecule has 0 radical (unpaired) electrons. The highest BCUT2D eigenvalue weighted by molar-refractivity contribution is 5.83. The van der Waals surface area contributed by atoms with E-state index in [-0.39, 0.29) is 11.9 Å². The van der Waals surface area contributed by atoms with Gasteiger partial charge in [0.1, 0.15) is 0 Å². The van der Waals surface area contributed by atoms with Crippen LogP contribution in [0.25, 0.3) is 10.9 Å². The van der Waals surface area contributed by atoms with Gasteiger partial charge in [-0.2, -0.15) is 5.10 Å². The predicted molar refractivity (Wildman–Crippen MR) is 125 cm³/mol. The average molecular weight is 447 g/mol. The molecule has 0 aliphatic carbocycles. The number of amides is 1. The minimum atomic E-state index is 0.179. The molecular formula is C25H30N6O2. The molecule has 1 N–H and O–H groups in total. The predicted octanol–water partition coefficient (Wildman–Crippen LogP) is 3.94. The van der Waals surface area contributed by atoms with Crippen molar-refractivity contribution in [1.29, 1.82) is 0 Å². The number of para-hydroxylation sites is 1. The van der Waals surface area contributed by atoms with Crippen LogP contribution in [0, 0.1) is 0 Å². The fourth-order valence-corrected chi connectivity index (χ4v) is 4.77. The lowest BCUT2D eigenvalue weighted by Crippen LogP contribution is -2.44. The Hall–Kier alpha value is -3.42. The summed E-state index contributed by atoms with van der Waals surface area (Å²) in [7, 11) is 0. The lowest BCUT2D eigenvalue weighted by Gasteiger charge is -2.36. The normalized spacial score (nSPS) is 16.5. The molecule has 1 aliphatic heterocycles. The maximum absolute atomic E-state index is 13.0. The van der Waals surface area contributed by atoms with Gasteiger partial charge in [-0.1, -0.05) is 18.2 Å². The first-order valence-corrected chi connectivity index (χ1v) is 11.9. The number of aryl methyl sites for hydroxylation is 4. The summed E-state index contributed by atoms with van der Waals surface area (Å²) < 4.78 is 7.78. The number of likely N-dealkylation sites (tertiary alicyclic amines) is 1. The van der Waals surface area contributed by atoms with Gasteiger partial charge in [0.2, 0.25) is 17.7 Å². The van der Waals surface area contributed by atoms with Crippen LogP contribution in [-0.4, -0.2) is 48.4 Å². The zero-order chi connectivity index (χ0) is 22.5. The lowest BCUT2D eigenvalue weighted by molar-refractivity contribution is -0.135. The van der Waals surface area contributed by atoms with Crippen LogP contribution >= 0.6 is 0 Å². The second-order valence-electron chi connectivity index (χ2n) is 8.74. The molecule has 33 heavy (non-hydrogen) atoms. The quantitative estimate of drug-likeness (QED) is 0.420. The number of fused-ring (bicyclic) bond motifs is 1. The van der Waals surface area contributed by atoms with Crippen LogP contribution in [0.5, 0.6) is 0 Å². The topological polar surface area (TPSA) is 92.8 Å². The molecule has 8 heteroatoms. The molecule has 3 aromatic heterocycles. The maximum atomic E-state index is 13.0. The van der Waals surface area contributed by atoms with Crippen molar-refractivity contribution in [1.82, 2.24) is 29.9 Å². The Kier molecular flexibility index (Phi) is 6.51. The van der Waals surface area contributed by atoms with Crippen molar-refractivity contribution in [3.63, 3.8) is 0 Å². The third kappa shape index (κ3) is 5.16. The number of rotatable bonds is 9. The van der Waals surface area contributed by atoms with Crippen LogP contribution < -0.4 is 0 Å². The third-order valence-electron chi connectivity index (χ3n) is 6.54. The van der Waals surface area contributed by atoms with Crippen molar-refractivity contribution in [2.45, 2.75) is 64.0 Å². The van der Waals surface area contributed by atoms with E-state index in [2.05, 4.69) is 37.3 Å². The summed E-state index contributed by atoms with van der Waals surface area (Å²) in [5, 5.41) is 13.9. The molecule has 5 rings (SSSR count). The van der Waals surface area contributed by atoms with E-state index in [1.54, 1.807) is 6.20 Å². The summed E-state index contributed by atoms with van der Waals surface area (Å²) in [6.45, 7) is 1.67. The molecule has 1 saturated heterocycles. The van der Waals surface area contributed by atoms with Gasteiger partial charge in [0.05, 0.1) is 0 Å². The highest BCUT2D eigenvalue weighted by atomic mass is 16.4. The van der Waals surface area contributed by atoms with Crippen LogP contribution in [0.15, 0.2) is 53.3 Å². The molecule has 0 unspecified atom stereocenters. The van der Waals surface area contributed by atoms with Gasteiger partial charge < -0.3 is 14.3 Å². The van der Waals surface area contributed by atoms with Gasteiger partial charge in [0.15, 0.2) is 0 Å². The van der Waals surface area contributed by atoms with Gasteiger partial charge in [0.25, 0.3) is 0 Å². The minimum Gasteiger partial charge on any atom is -0.425 e. The van der Waals surface area contributed by atoms with E-state index in [1.165, 1.54) is 17.4 Å². The first-order chi connectivity index (χ1) is 16.3. The van der Waals surface area contributed by atoms with Crippen molar-refractivity contribution >= 4 is 16.8 Å². The number of benzene rings is 1. The Morgan fingerprint density at radius 2 is 1.97 bits per heavy atom. The number of hydrogen-bond acceptors (Lipinski definition) is 5. The average Bonchev–Trinajstić information content (AvgIpc) is 3.61. The summed E-state index contributed by atoms with van der Waals surface area (Å²) in [6.07, 6.45) is 12.5. The molecule has 0 spiro atoms. The van der Waals surface area contributed by atoms with Crippen LogP contribution in [-0.2, 0) is 30.6 Å². The molecular weight excluding hydrogens is 416 g/mol. The zero-order valence-electron chi connectivity index (χ0n) is 18.8. The molecule has 8 nitrogen and oxygen atoms in total. The third-order valence-corrected chi connectivity index (χ3v) is 6.54. The summed E-state index contributed by atoms with van der Waals surface area (Å²) >= 11 is 0. The first-order valence-electron chi connectivity index (χ1n) is 11.9. The SMILES string of the molecule is O=C(CCc1nnc(CCc2c[nH]c3ccccc23)o1)N1CCCC[C@@H]1CCn1cccn1. The van der Waals surface area contributed by atoms with E-state index in [9.17, 15) is 4.79 Å². The number of hydrogen-bond donors (Lipinski definition) is 1. The van der Waals surface area contributed by atoms with Crippen molar-refractivity contribution in [2.75, 3.05) is 6.54 Å². The number of carbonyl (C=O) groups is 1. The number of aromatic amines is 1. The Bertz CT molecular complexity index is 1180. The number of aromatic nitrogens is 5. The Morgan fingerprint density at radius 3 is 2.85 bits per heavy atom. The summed E-state index contributed by atoms with van der Waals surface area (Å²) in [6, 6.07) is 10.5. The van der Waals surface area contributed by atoms with Crippen LogP contribution in [0.1, 0.15) is 49.4 Å².